The summed E-state index contributed by atoms with van der Waals surface area (Å²) in [5, 5.41) is 11.5. The molecule has 0 aliphatic heterocycles. The molecule has 3 rings (SSSR count). The van der Waals surface area contributed by atoms with Crippen LogP contribution in [0.1, 0.15) is 29.9 Å². The Morgan fingerprint density at radius 2 is 1.69 bits per heavy atom. The zero-order valence-corrected chi connectivity index (χ0v) is 14.4. The second-order valence-electron chi connectivity index (χ2n) is 6.29. The molecule has 5 nitrogen and oxygen atoms in total. The van der Waals surface area contributed by atoms with Crippen LogP contribution in [-0.2, 0) is 9.53 Å². The van der Waals surface area contributed by atoms with Gasteiger partial charge in [0.05, 0.1) is 6.42 Å². The Balaban J connectivity index is 1.68. The number of ether oxygens (including phenoxy) is 1. The number of amides is 1. The first kappa shape index (κ1) is 17.7. The van der Waals surface area contributed by atoms with E-state index in [0.717, 1.165) is 22.3 Å². The first-order valence-electron chi connectivity index (χ1n) is 8.54. The minimum atomic E-state index is -0.976. The van der Waals surface area contributed by atoms with Crippen LogP contribution in [-0.4, -0.2) is 29.8 Å². The fraction of sp³-hybridized carbons (Fsp3) is 0.238. The van der Waals surface area contributed by atoms with E-state index in [1.165, 1.54) is 0 Å². The molecule has 0 heterocycles. The molecule has 2 aromatic carbocycles. The van der Waals surface area contributed by atoms with Crippen molar-refractivity contribution in [3.63, 3.8) is 0 Å². The van der Waals surface area contributed by atoms with Crippen LogP contribution in [0.5, 0.6) is 0 Å². The number of carboxylic acids is 1. The van der Waals surface area contributed by atoms with Crippen LogP contribution in [0.2, 0.25) is 0 Å². The Kier molecular flexibility index (Phi) is 5.37. The van der Waals surface area contributed by atoms with Crippen molar-refractivity contribution in [3.8, 4) is 11.1 Å². The maximum atomic E-state index is 12.1. The SMILES string of the molecule is C=CC[C@H](CC(=O)O)NC(=O)OCC1c2ccccc2-c2ccccc21. The molecule has 1 aliphatic rings. The van der Waals surface area contributed by atoms with E-state index in [2.05, 4.69) is 24.0 Å². The zero-order chi connectivity index (χ0) is 18.5. The van der Waals surface area contributed by atoms with Gasteiger partial charge >= 0.3 is 12.1 Å². The van der Waals surface area contributed by atoms with Gasteiger partial charge in [-0.05, 0) is 28.7 Å². The third kappa shape index (κ3) is 3.77. The highest BCUT2D eigenvalue weighted by molar-refractivity contribution is 5.79. The van der Waals surface area contributed by atoms with Crippen LogP contribution in [0.3, 0.4) is 0 Å². The van der Waals surface area contributed by atoms with E-state index in [1.807, 2.05) is 36.4 Å². The summed E-state index contributed by atoms with van der Waals surface area (Å²) in [6, 6.07) is 15.7. The van der Waals surface area contributed by atoms with Gasteiger partial charge in [-0.1, -0.05) is 54.6 Å². The second kappa shape index (κ2) is 7.87. The molecule has 134 valence electrons. The lowest BCUT2D eigenvalue weighted by Gasteiger charge is -2.18. The van der Waals surface area contributed by atoms with Gasteiger partial charge in [-0.25, -0.2) is 4.79 Å². The first-order chi connectivity index (χ1) is 12.6. The van der Waals surface area contributed by atoms with Crippen molar-refractivity contribution < 1.29 is 19.4 Å². The van der Waals surface area contributed by atoms with Gasteiger partial charge in [-0.3, -0.25) is 4.79 Å². The lowest BCUT2D eigenvalue weighted by atomic mass is 9.98. The van der Waals surface area contributed by atoms with Crippen molar-refractivity contribution in [3.05, 3.63) is 72.3 Å². The summed E-state index contributed by atoms with van der Waals surface area (Å²) in [4.78, 5) is 23.0. The van der Waals surface area contributed by atoms with E-state index < -0.39 is 18.1 Å². The summed E-state index contributed by atoms with van der Waals surface area (Å²) in [5.41, 5.74) is 4.59. The highest BCUT2D eigenvalue weighted by atomic mass is 16.5. The molecule has 1 aliphatic carbocycles. The monoisotopic (exact) mass is 351 g/mol. The Morgan fingerprint density at radius 1 is 1.12 bits per heavy atom. The molecular weight excluding hydrogens is 330 g/mol. The molecule has 1 atom stereocenters. The number of carbonyl (C=O) groups excluding carboxylic acids is 1. The Labute approximate surface area is 152 Å². The minimum Gasteiger partial charge on any atom is -0.481 e. The average molecular weight is 351 g/mol. The van der Waals surface area contributed by atoms with Gasteiger partial charge in [-0.15, -0.1) is 6.58 Å². The van der Waals surface area contributed by atoms with Gasteiger partial charge in [0, 0.05) is 12.0 Å². The number of carbonyl (C=O) groups is 2. The van der Waals surface area contributed by atoms with Crippen LogP contribution >= 0.6 is 0 Å². The van der Waals surface area contributed by atoms with Gasteiger partial charge in [0.1, 0.15) is 6.61 Å². The summed E-state index contributed by atoms with van der Waals surface area (Å²) in [6.45, 7) is 3.79. The molecule has 1 amide bonds. The molecule has 0 bridgehead atoms. The van der Waals surface area contributed by atoms with Gasteiger partial charge < -0.3 is 15.2 Å². The van der Waals surface area contributed by atoms with Crippen LogP contribution in [0.4, 0.5) is 4.79 Å². The number of carboxylic acid groups (broad SMARTS) is 1. The van der Waals surface area contributed by atoms with E-state index in [4.69, 9.17) is 9.84 Å². The van der Waals surface area contributed by atoms with Crippen LogP contribution in [0.25, 0.3) is 11.1 Å². The molecule has 2 N–H and O–H groups in total. The van der Waals surface area contributed by atoms with Crippen molar-refractivity contribution >= 4 is 12.1 Å². The first-order valence-corrected chi connectivity index (χ1v) is 8.54. The molecule has 5 heteroatoms. The van der Waals surface area contributed by atoms with E-state index >= 15 is 0 Å². The smallest absolute Gasteiger partial charge is 0.407 e. The zero-order valence-electron chi connectivity index (χ0n) is 14.4. The van der Waals surface area contributed by atoms with Crippen molar-refractivity contribution in [2.75, 3.05) is 6.61 Å². The van der Waals surface area contributed by atoms with Crippen LogP contribution in [0, 0.1) is 0 Å². The average Bonchev–Trinajstić information content (AvgIpc) is 2.94. The van der Waals surface area contributed by atoms with Crippen molar-refractivity contribution in [1.29, 1.82) is 0 Å². The third-order valence-corrected chi connectivity index (χ3v) is 4.54. The molecular formula is C21H21NO4. The van der Waals surface area contributed by atoms with Crippen molar-refractivity contribution in [2.45, 2.75) is 24.8 Å². The van der Waals surface area contributed by atoms with E-state index in [-0.39, 0.29) is 18.9 Å². The summed E-state index contributed by atoms with van der Waals surface area (Å²) >= 11 is 0. The van der Waals surface area contributed by atoms with E-state index in [9.17, 15) is 9.59 Å². The normalized spacial score (nSPS) is 13.4. The molecule has 2 aromatic rings. The van der Waals surface area contributed by atoms with Crippen molar-refractivity contribution in [2.24, 2.45) is 0 Å². The number of hydrogen-bond donors (Lipinski definition) is 2. The molecule has 0 saturated heterocycles. The number of hydrogen-bond acceptors (Lipinski definition) is 3. The van der Waals surface area contributed by atoms with Crippen molar-refractivity contribution in [1.82, 2.24) is 5.32 Å². The van der Waals surface area contributed by atoms with Gasteiger partial charge in [-0.2, -0.15) is 0 Å². The molecule has 0 spiro atoms. The maximum absolute atomic E-state index is 12.1. The van der Waals surface area contributed by atoms with Gasteiger partial charge in [0.15, 0.2) is 0 Å². The topological polar surface area (TPSA) is 75.6 Å². The van der Waals surface area contributed by atoms with E-state index in [0.29, 0.717) is 6.42 Å². The quantitative estimate of drug-likeness (QED) is 0.741. The maximum Gasteiger partial charge on any atom is 0.407 e. The van der Waals surface area contributed by atoms with Crippen LogP contribution in [0.15, 0.2) is 61.2 Å². The van der Waals surface area contributed by atoms with Gasteiger partial charge in [0.25, 0.3) is 0 Å². The fourth-order valence-electron chi connectivity index (χ4n) is 3.41. The molecule has 0 saturated carbocycles. The minimum absolute atomic E-state index is 0.0227. The lowest BCUT2D eigenvalue weighted by Crippen LogP contribution is -2.37. The molecule has 0 unspecified atom stereocenters. The second-order valence-corrected chi connectivity index (χ2v) is 6.29. The number of nitrogens with one attached hydrogen (secondary N) is 1. The summed E-state index contributed by atoms with van der Waals surface area (Å²) in [5.74, 6) is -0.999. The van der Waals surface area contributed by atoms with Gasteiger partial charge in [0.2, 0.25) is 0 Å². The highest BCUT2D eigenvalue weighted by Gasteiger charge is 2.29. The highest BCUT2D eigenvalue weighted by Crippen LogP contribution is 2.44. The summed E-state index contributed by atoms with van der Waals surface area (Å²) < 4.78 is 5.42. The largest absolute Gasteiger partial charge is 0.481 e. The molecule has 0 fully saturated rings. The lowest BCUT2D eigenvalue weighted by molar-refractivity contribution is -0.137. The number of rotatable bonds is 7. The standard InChI is InChI=1S/C21H21NO4/c1-2-7-14(12-20(23)24)22-21(25)26-13-19-17-10-5-3-8-15(17)16-9-4-6-11-18(16)19/h2-6,8-11,14,19H,1,7,12-13H2,(H,22,25)(H,23,24)/t14-/m1/s1. The fourth-order valence-corrected chi connectivity index (χ4v) is 3.41. The predicted octanol–water partition coefficient (Wildman–Crippen LogP) is 3.94. The summed E-state index contributed by atoms with van der Waals surface area (Å²) in [6.07, 6.45) is 1.17. The Bertz CT molecular complexity index is 785. The molecule has 26 heavy (non-hydrogen) atoms. The summed E-state index contributed by atoms with van der Waals surface area (Å²) in [7, 11) is 0. The molecule has 0 radical (unpaired) electrons. The Hall–Kier alpha value is -3.08. The Morgan fingerprint density at radius 3 is 2.23 bits per heavy atom. The van der Waals surface area contributed by atoms with E-state index in [1.54, 1.807) is 6.08 Å². The van der Waals surface area contributed by atoms with Crippen LogP contribution < -0.4 is 5.32 Å². The predicted molar refractivity (Wildman–Crippen MR) is 99.1 cm³/mol. The number of alkyl carbamates (subject to hydrolysis) is 1. The molecule has 0 aromatic heterocycles. The third-order valence-electron chi connectivity index (χ3n) is 4.54. The number of fused-ring (bicyclic) bond motifs is 3. The number of aliphatic carboxylic acids is 1. The number of benzene rings is 2.